The van der Waals surface area contributed by atoms with Gasteiger partial charge in [-0.3, -0.25) is 0 Å². The van der Waals surface area contributed by atoms with E-state index >= 15 is 0 Å². The van der Waals surface area contributed by atoms with Crippen molar-refractivity contribution >= 4 is 0 Å². The van der Waals surface area contributed by atoms with Gasteiger partial charge in [0.25, 0.3) is 0 Å². The quantitative estimate of drug-likeness (QED) is 0.887. The van der Waals surface area contributed by atoms with Gasteiger partial charge in [0.05, 0.1) is 16.9 Å². The van der Waals surface area contributed by atoms with E-state index in [1.165, 1.54) is 12.1 Å². The van der Waals surface area contributed by atoms with E-state index in [0.29, 0.717) is 30.2 Å². The van der Waals surface area contributed by atoms with Crippen LogP contribution >= 0.6 is 0 Å². The fourth-order valence-corrected chi connectivity index (χ4v) is 1.94. The summed E-state index contributed by atoms with van der Waals surface area (Å²) in [5.74, 6) is 0.362. The molecule has 23 heavy (non-hydrogen) atoms. The van der Waals surface area contributed by atoms with Crippen LogP contribution in [0.5, 0.6) is 0 Å². The second kappa shape index (κ2) is 6.64. The number of aliphatic hydroxyl groups is 1. The van der Waals surface area contributed by atoms with Gasteiger partial charge in [0.1, 0.15) is 0 Å². The number of nitrogens with one attached hydrogen (secondary N) is 1. The van der Waals surface area contributed by atoms with Crippen molar-refractivity contribution in [3.05, 3.63) is 47.8 Å². The molecule has 0 atom stereocenters. The zero-order chi connectivity index (χ0) is 17.1. The molecule has 0 saturated carbocycles. The van der Waals surface area contributed by atoms with E-state index in [0.717, 1.165) is 12.1 Å². The van der Waals surface area contributed by atoms with Crippen LogP contribution in [0.15, 0.2) is 36.5 Å². The minimum absolute atomic E-state index is 0.362. The van der Waals surface area contributed by atoms with Crippen LogP contribution in [0.4, 0.5) is 13.2 Å². The van der Waals surface area contributed by atoms with Gasteiger partial charge in [0, 0.05) is 24.8 Å². The third kappa shape index (κ3) is 5.30. The van der Waals surface area contributed by atoms with Crippen molar-refractivity contribution in [1.82, 2.24) is 15.3 Å². The molecule has 4 nitrogen and oxygen atoms in total. The number of hydrogen-bond donors (Lipinski definition) is 2. The lowest BCUT2D eigenvalue weighted by molar-refractivity contribution is -0.137. The Labute approximate surface area is 132 Å². The smallest absolute Gasteiger partial charge is 0.389 e. The van der Waals surface area contributed by atoms with Crippen molar-refractivity contribution in [3.8, 4) is 11.4 Å². The van der Waals surface area contributed by atoms with Crippen molar-refractivity contribution in [3.63, 3.8) is 0 Å². The SMILES string of the molecule is CC(C)(O)CNCc1ccnc(-c2ccc(C(F)(F)F)cc2)n1. The first kappa shape index (κ1) is 17.4. The number of hydrogen-bond acceptors (Lipinski definition) is 4. The second-order valence-corrected chi connectivity index (χ2v) is 5.86. The maximum Gasteiger partial charge on any atom is 0.416 e. The summed E-state index contributed by atoms with van der Waals surface area (Å²) in [5, 5.41) is 12.7. The Bertz CT molecular complexity index is 649. The van der Waals surface area contributed by atoms with Crippen molar-refractivity contribution in [2.24, 2.45) is 0 Å². The lowest BCUT2D eigenvalue weighted by atomic mass is 10.1. The summed E-state index contributed by atoms with van der Waals surface area (Å²) in [6.07, 6.45) is -2.80. The first-order chi connectivity index (χ1) is 10.6. The summed E-state index contributed by atoms with van der Waals surface area (Å²) < 4.78 is 37.7. The van der Waals surface area contributed by atoms with Gasteiger partial charge in [0.15, 0.2) is 5.82 Å². The fourth-order valence-electron chi connectivity index (χ4n) is 1.94. The third-order valence-corrected chi connectivity index (χ3v) is 3.05. The average molecular weight is 325 g/mol. The molecule has 1 aromatic heterocycles. The molecule has 2 aromatic rings. The maximum absolute atomic E-state index is 12.6. The van der Waals surface area contributed by atoms with Crippen LogP contribution in [0, 0.1) is 0 Å². The van der Waals surface area contributed by atoms with Gasteiger partial charge in [-0.2, -0.15) is 13.2 Å². The Kier molecular flexibility index (Phi) is 5.01. The van der Waals surface area contributed by atoms with E-state index < -0.39 is 17.3 Å². The Hall–Kier alpha value is -1.99. The molecule has 1 heterocycles. The van der Waals surface area contributed by atoms with Gasteiger partial charge in [-0.25, -0.2) is 9.97 Å². The molecule has 0 radical (unpaired) electrons. The lowest BCUT2D eigenvalue weighted by Crippen LogP contribution is -2.34. The van der Waals surface area contributed by atoms with E-state index in [-0.39, 0.29) is 0 Å². The molecule has 0 unspecified atom stereocenters. The van der Waals surface area contributed by atoms with Crippen LogP contribution in [0.3, 0.4) is 0 Å². The molecule has 0 fully saturated rings. The Morgan fingerprint density at radius 1 is 1.09 bits per heavy atom. The van der Waals surface area contributed by atoms with Gasteiger partial charge in [-0.15, -0.1) is 0 Å². The van der Waals surface area contributed by atoms with Gasteiger partial charge in [-0.05, 0) is 32.0 Å². The molecule has 0 bridgehead atoms. The molecule has 0 saturated heterocycles. The van der Waals surface area contributed by atoms with Crippen molar-refractivity contribution in [2.75, 3.05) is 6.54 Å². The van der Waals surface area contributed by atoms with E-state index in [9.17, 15) is 18.3 Å². The molecule has 0 aliphatic carbocycles. The van der Waals surface area contributed by atoms with Gasteiger partial charge in [0.2, 0.25) is 0 Å². The second-order valence-electron chi connectivity index (χ2n) is 5.86. The molecule has 0 aliphatic heterocycles. The first-order valence-electron chi connectivity index (χ1n) is 7.08. The highest BCUT2D eigenvalue weighted by Gasteiger charge is 2.30. The monoisotopic (exact) mass is 325 g/mol. The van der Waals surface area contributed by atoms with Crippen LogP contribution in [0.1, 0.15) is 25.1 Å². The number of rotatable bonds is 5. The molecule has 0 spiro atoms. The zero-order valence-electron chi connectivity index (χ0n) is 12.9. The van der Waals surface area contributed by atoms with Crippen LogP contribution in [-0.4, -0.2) is 27.2 Å². The number of benzene rings is 1. The molecule has 0 amide bonds. The highest BCUT2D eigenvalue weighted by Crippen LogP contribution is 2.30. The summed E-state index contributed by atoms with van der Waals surface area (Å²) in [6, 6.07) is 6.44. The van der Waals surface area contributed by atoms with Crippen LogP contribution < -0.4 is 5.32 Å². The fraction of sp³-hybridized carbons (Fsp3) is 0.375. The first-order valence-corrected chi connectivity index (χ1v) is 7.08. The standard InChI is InChI=1S/C16H18F3N3O/c1-15(2,23)10-20-9-13-7-8-21-14(22-13)11-3-5-12(6-4-11)16(17,18)19/h3-8,20,23H,9-10H2,1-2H3. The molecule has 7 heteroatoms. The topological polar surface area (TPSA) is 58.0 Å². The van der Waals surface area contributed by atoms with E-state index in [1.54, 1.807) is 26.1 Å². The van der Waals surface area contributed by atoms with E-state index in [4.69, 9.17) is 0 Å². The number of halogens is 3. The highest BCUT2D eigenvalue weighted by atomic mass is 19.4. The normalized spacial score (nSPS) is 12.4. The number of nitrogens with zero attached hydrogens (tertiary/aromatic N) is 2. The molecule has 2 rings (SSSR count). The van der Waals surface area contributed by atoms with Crippen molar-refractivity contribution in [2.45, 2.75) is 32.2 Å². The molecule has 124 valence electrons. The van der Waals surface area contributed by atoms with E-state index in [1.807, 2.05) is 0 Å². The zero-order valence-corrected chi connectivity index (χ0v) is 12.9. The largest absolute Gasteiger partial charge is 0.416 e. The highest BCUT2D eigenvalue weighted by molar-refractivity contribution is 5.55. The predicted octanol–water partition coefficient (Wildman–Crippen LogP) is 3.02. The van der Waals surface area contributed by atoms with Gasteiger partial charge < -0.3 is 10.4 Å². The molecule has 2 N–H and O–H groups in total. The molecule has 0 aliphatic rings. The third-order valence-electron chi connectivity index (χ3n) is 3.05. The van der Waals surface area contributed by atoms with Crippen LogP contribution in [0.25, 0.3) is 11.4 Å². The summed E-state index contributed by atoms with van der Waals surface area (Å²) >= 11 is 0. The number of aromatic nitrogens is 2. The Morgan fingerprint density at radius 2 is 1.74 bits per heavy atom. The van der Waals surface area contributed by atoms with E-state index in [2.05, 4.69) is 15.3 Å². The molecular weight excluding hydrogens is 307 g/mol. The van der Waals surface area contributed by atoms with Crippen molar-refractivity contribution < 1.29 is 18.3 Å². The summed E-state index contributed by atoms with van der Waals surface area (Å²) in [6.45, 7) is 4.20. The Morgan fingerprint density at radius 3 is 2.30 bits per heavy atom. The lowest BCUT2D eigenvalue weighted by Gasteiger charge is -2.17. The van der Waals surface area contributed by atoms with Gasteiger partial charge >= 0.3 is 6.18 Å². The minimum Gasteiger partial charge on any atom is -0.389 e. The van der Waals surface area contributed by atoms with Gasteiger partial charge in [-0.1, -0.05) is 12.1 Å². The summed E-state index contributed by atoms with van der Waals surface area (Å²) in [5.41, 5.74) is -0.325. The maximum atomic E-state index is 12.6. The summed E-state index contributed by atoms with van der Waals surface area (Å²) in [4.78, 5) is 8.41. The Balaban J connectivity index is 2.10. The summed E-state index contributed by atoms with van der Waals surface area (Å²) in [7, 11) is 0. The minimum atomic E-state index is -4.36. The molecule has 1 aromatic carbocycles. The van der Waals surface area contributed by atoms with Crippen LogP contribution in [0.2, 0.25) is 0 Å². The predicted molar refractivity (Wildman–Crippen MR) is 80.5 cm³/mol. The van der Waals surface area contributed by atoms with Crippen LogP contribution in [-0.2, 0) is 12.7 Å². The van der Waals surface area contributed by atoms with Crippen molar-refractivity contribution in [1.29, 1.82) is 0 Å². The molecular formula is C16H18F3N3O. The number of alkyl halides is 3. The average Bonchev–Trinajstić information content (AvgIpc) is 2.45.